The van der Waals surface area contributed by atoms with Gasteiger partial charge in [0.1, 0.15) is 5.69 Å². The molecule has 1 saturated carbocycles. The number of amides is 1. The normalized spacial score (nSPS) is 31.0. The lowest BCUT2D eigenvalue weighted by Crippen LogP contribution is -2.47. The molecule has 1 aromatic heterocycles. The third-order valence-electron chi connectivity index (χ3n) is 7.79. The number of halogens is 5. The quantitative estimate of drug-likeness (QED) is 0.554. The Hall–Kier alpha value is -2.75. The van der Waals surface area contributed by atoms with Crippen LogP contribution in [0.2, 0.25) is 0 Å². The van der Waals surface area contributed by atoms with E-state index in [0.29, 0.717) is 19.3 Å². The van der Waals surface area contributed by atoms with Crippen molar-refractivity contribution < 1.29 is 36.2 Å². The number of carbonyl (C=O) groups is 1. The van der Waals surface area contributed by atoms with Gasteiger partial charge in [0.2, 0.25) is 5.82 Å². The summed E-state index contributed by atoms with van der Waals surface area (Å²) in [5.41, 5.74) is 3.94. The number of alkyl halides is 3. The fourth-order valence-corrected chi connectivity index (χ4v) is 5.72. The molecule has 2 unspecified atom stereocenters. The summed E-state index contributed by atoms with van der Waals surface area (Å²) < 4.78 is 81.9. The first-order valence-corrected chi connectivity index (χ1v) is 11.4. The van der Waals surface area contributed by atoms with Crippen LogP contribution in [-0.2, 0) is 4.74 Å². The van der Waals surface area contributed by atoms with Crippen molar-refractivity contribution in [1.29, 1.82) is 0 Å². The molecule has 1 aliphatic carbocycles. The fraction of sp³-hybridized carbons (Fsp3) is 0.520. The van der Waals surface area contributed by atoms with Crippen molar-refractivity contribution in [1.82, 2.24) is 4.98 Å². The number of carbonyl (C=O) groups excluding carboxylic acids is 1. The summed E-state index contributed by atoms with van der Waals surface area (Å²) in [6, 6.07) is 5.54. The van der Waals surface area contributed by atoms with Crippen LogP contribution in [0.5, 0.6) is 5.75 Å². The van der Waals surface area contributed by atoms with Gasteiger partial charge in [0.25, 0.3) is 5.91 Å². The largest absolute Gasteiger partial charge is 0.493 e. The maximum Gasteiger partial charge on any atom is 0.417 e. The number of aromatic nitrogens is 1. The van der Waals surface area contributed by atoms with Gasteiger partial charge >= 0.3 is 6.18 Å². The van der Waals surface area contributed by atoms with E-state index in [1.807, 2.05) is 0 Å². The van der Waals surface area contributed by atoms with Gasteiger partial charge in [-0.15, -0.1) is 0 Å². The first-order chi connectivity index (χ1) is 16.4. The highest BCUT2D eigenvalue weighted by atomic mass is 19.4. The highest BCUT2D eigenvalue weighted by Crippen LogP contribution is 2.58. The molecule has 2 aromatic rings. The van der Waals surface area contributed by atoms with E-state index in [1.165, 1.54) is 19.2 Å². The maximum atomic E-state index is 14.6. The molecular formula is C25H27F5N2O3. The fourth-order valence-electron chi connectivity index (χ4n) is 5.72. The molecule has 5 nitrogen and oxygen atoms in total. The molecule has 1 amide bonds. The number of benzene rings is 1. The molecule has 10 heteroatoms. The van der Waals surface area contributed by atoms with Crippen molar-refractivity contribution in [2.75, 3.05) is 7.11 Å². The monoisotopic (exact) mass is 498 g/mol. The Labute approximate surface area is 199 Å². The van der Waals surface area contributed by atoms with Gasteiger partial charge in [-0.05, 0) is 61.8 Å². The average molecular weight is 498 g/mol. The second-order valence-corrected chi connectivity index (χ2v) is 9.59. The summed E-state index contributed by atoms with van der Waals surface area (Å²) in [5, 5.41) is 0. The summed E-state index contributed by atoms with van der Waals surface area (Å²) in [6.45, 7) is 2.43. The number of methoxy groups -OCH3 is 1. The van der Waals surface area contributed by atoms with Crippen molar-refractivity contribution in [3.8, 4) is 5.75 Å². The van der Waals surface area contributed by atoms with Crippen LogP contribution in [0.4, 0.5) is 22.0 Å². The molecule has 1 saturated heterocycles. The Balaban J connectivity index is 1.72. The topological polar surface area (TPSA) is 74.4 Å². The second-order valence-electron chi connectivity index (χ2n) is 9.59. The van der Waals surface area contributed by atoms with Gasteiger partial charge in [-0.2, -0.15) is 17.6 Å². The highest BCUT2D eigenvalue weighted by molar-refractivity contribution is 5.90. The van der Waals surface area contributed by atoms with E-state index in [2.05, 4.69) is 4.98 Å². The van der Waals surface area contributed by atoms with E-state index in [1.54, 1.807) is 12.1 Å². The number of primary amides is 1. The molecular weight excluding hydrogens is 471 g/mol. The van der Waals surface area contributed by atoms with Gasteiger partial charge in [-0.1, -0.05) is 13.0 Å². The third-order valence-corrected chi connectivity index (χ3v) is 7.79. The van der Waals surface area contributed by atoms with E-state index in [4.69, 9.17) is 15.2 Å². The lowest BCUT2D eigenvalue weighted by molar-refractivity contribution is -0.277. The van der Waals surface area contributed by atoms with Crippen LogP contribution in [0, 0.1) is 23.5 Å². The van der Waals surface area contributed by atoms with Crippen LogP contribution in [0.15, 0.2) is 30.5 Å². The zero-order chi connectivity index (χ0) is 25.7. The molecule has 2 aliphatic rings. The molecule has 4 rings (SSSR count). The van der Waals surface area contributed by atoms with Crippen LogP contribution in [0.3, 0.4) is 0 Å². The van der Waals surface area contributed by atoms with Crippen molar-refractivity contribution in [2.45, 2.75) is 62.8 Å². The van der Waals surface area contributed by atoms with E-state index < -0.39 is 53.0 Å². The predicted molar refractivity (Wildman–Crippen MR) is 117 cm³/mol. The van der Waals surface area contributed by atoms with E-state index in [9.17, 15) is 26.7 Å². The predicted octanol–water partition coefficient (Wildman–Crippen LogP) is 5.49. The van der Waals surface area contributed by atoms with Crippen LogP contribution in [0.1, 0.15) is 66.6 Å². The van der Waals surface area contributed by atoms with Gasteiger partial charge in [0, 0.05) is 23.6 Å². The van der Waals surface area contributed by atoms with Gasteiger partial charge < -0.3 is 15.2 Å². The first kappa shape index (κ1) is 25.3. The highest BCUT2D eigenvalue weighted by Gasteiger charge is 2.65. The molecule has 2 fully saturated rings. The average Bonchev–Trinajstić information content (AvgIpc) is 3.39. The number of ether oxygens (including phenoxy) is 2. The number of hydrogen-bond acceptors (Lipinski definition) is 4. The summed E-state index contributed by atoms with van der Waals surface area (Å²) >= 11 is 0. The molecule has 2 N–H and O–H groups in total. The molecule has 35 heavy (non-hydrogen) atoms. The molecule has 0 bridgehead atoms. The smallest absolute Gasteiger partial charge is 0.417 e. The second kappa shape index (κ2) is 9.04. The maximum absolute atomic E-state index is 14.6. The lowest BCUT2D eigenvalue weighted by Gasteiger charge is -2.32. The number of hydrogen-bond donors (Lipinski definition) is 1. The van der Waals surface area contributed by atoms with Crippen molar-refractivity contribution in [3.63, 3.8) is 0 Å². The zero-order valence-corrected chi connectivity index (χ0v) is 19.5. The Morgan fingerprint density at radius 1 is 1.23 bits per heavy atom. The van der Waals surface area contributed by atoms with Gasteiger partial charge in [0.15, 0.2) is 17.2 Å². The number of rotatable bonds is 5. The van der Waals surface area contributed by atoms with Gasteiger partial charge in [-0.3, -0.25) is 9.78 Å². The number of pyridine rings is 1. The molecule has 0 spiro atoms. The molecule has 1 aromatic carbocycles. The van der Waals surface area contributed by atoms with E-state index in [0.717, 1.165) is 25.7 Å². The minimum absolute atomic E-state index is 0.0368. The zero-order valence-electron chi connectivity index (χ0n) is 19.5. The van der Waals surface area contributed by atoms with Crippen LogP contribution in [-0.4, -0.2) is 35.9 Å². The Kier molecular flexibility index (Phi) is 6.54. The minimum atomic E-state index is -4.68. The van der Waals surface area contributed by atoms with E-state index in [-0.39, 0.29) is 23.1 Å². The molecule has 1 aliphatic heterocycles. The summed E-state index contributed by atoms with van der Waals surface area (Å²) in [6.07, 6.45) is -2.39. The summed E-state index contributed by atoms with van der Waals surface area (Å²) in [7, 11) is 1.16. The first-order valence-electron chi connectivity index (χ1n) is 11.4. The standard InChI is InChI=1S/C25H27F5N2O3/c1-12-19(16-6-7-17(26)20(27)22(16)34-3)21(35-24(12,2)25(28,29)30)15-5-4-13(10-15)14-8-9-32-18(11-14)23(31)33/h6-9,11-13,15,19,21H,4-5,10H2,1-3H3,(H2,31,33)/t12-,13?,15-,19-,21?,24+/m1/s1. The Morgan fingerprint density at radius 2 is 1.94 bits per heavy atom. The van der Waals surface area contributed by atoms with Crippen molar-refractivity contribution >= 4 is 5.91 Å². The molecule has 6 atom stereocenters. The van der Waals surface area contributed by atoms with Gasteiger partial charge in [-0.25, -0.2) is 4.39 Å². The van der Waals surface area contributed by atoms with Crippen LogP contribution >= 0.6 is 0 Å². The van der Waals surface area contributed by atoms with Crippen LogP contribution < -0.4 is 10.5 Å². The minimum Gasteiger partial charge on any atom is -0.493 e. The van der Waals surface area contributed by atoms with Crippen LogP contribution in [0.25, 0.3) is 0 Å². The molecule has 190 valence electrons. The van der Waals surface area contributed by atoms with Gasteiger partial charge in [0.05, 0.1) is 13.2 Å². The Bertz CT molecular complexity index is 1120. The molecule has 0 radical (unpaired) electrons. The Morgan fingerprint density at radius 3 is 2.57 bits per heavy atom. The van der Waals surface area contributed by atoms with E-state index >= 15 is 0 Å². The summed E-state index contributed by atoms with van der Waals surface area (Å²) in [4.78, 5) is 15.5. The third kappa shape index (κ3) is 4.26. The SMILES string of the molecule is COc1c([C@@H]2C([C@@H]3CCC(c4ccnc(C(N)=O)c4)C3)O[C@](C)(C(F)(F)F)[C@@H]2C)ccc(F)c1F. The lowest BCUT2D eigenvalue weighted by atomic mass is 9.74. The van der Waals surface area contributed by atoms with Crippen molar-refractivity contribution in [2.24, 2.45) is 17.6 Å². The van der Waals surface area contributed by atoms with Crippen molar-refractivity contribution in [3.05, 3.63) is 58.9 Å². The number of nitrogens with zero attached hydrogens (tertiary/aromatic N) is 1. The number of nitrogens with two attached hydrogens (primary N) is 1. The molecule has 2 heterocycles. The summed E-state index contributed by atoms with van der Waals surface area (Å²) in [5.74, 6) is -5.75.